The zero-order chi connectivity index (χ0) is 22.1. The molecule has 5 heteroatoms. The third-order valence-electron chi connectivity index (χ3n) is 4.82. The van der Waals surface area contributed by atoms with Crippen molar-refractivity contribution >= 4 is 9.05 Å². The van der Waals surface area contributed by atoms with Crippen LogP contribution in [0.25, 0.3) is 0 Å². The van der Waals surface area contributed by atoms with Gasteiger partial charge in [0.15, 0.2) is 0 Å². The molecule has 0 spiro atoms. The van der Waals surface area contributed by atoms with Gasteiger partial charge in [0, 0.05) is 26.4 Å². The minimum atomic E-state index is -3.08. The zero-order valence-electron chi connectivity index (χ0n) is 20.9. The third-order valence-corrected chi connectivity index (χ3v) is 7.05. The first-order valence-electron chi connectivity index (χ1n) is 12.2. The third kappa shape index (κ3) is 18.5. The van der Waals surface area contributed by atoms with E-state index in [2.05, 4.69) is 55.4 Å². The summed E-state index contributed by atoms with van der Waals surface area (Å²) in [6.45, 7) is 20.6. The average molecular weight is 433 g/mol. The molecule has 0 radical (unpaired) electrons. The summed E-state index contributed by atoms with van der Waals surface area (Å²) in [5.41, 5.74) is 0. The second-order valence-corrected chi connectivity index (χ2v) is 12.2. The van der Waals surface area contributed by atoms with Crippen LogP contribution in [0.3, 0.4) is 0 Å². The van der Waals surface area contributed by atoms with Gasteiger partial charge in [0.1, 0.15) is 0 Å². The van der Waals surface area contributed by atoms with Gasteiger partial charge in [0.05, 0.1) is 0 Å². The van der Waals surface area contributed by atoms with E-state index >= 15 is 0 Å². The summed E-state index contributed by atoms with van der Waals surface area (Å²) in [6.07, 6.45) is 8.69. The van der Waals surface area contributed by atoms with Crippen molar-refractivity contribution in [3.05, 3.63) is 0 Å². The van der Waals surface area contributed by atoms with Gasteiger partial charge in [-0.25, -0.2) is 0 Å². The summed E-state index contributed by atoms with van der Waals surface area (Å²) in [5.74, 6) is 2.72. The minimum Gasteiger partial charge on any atom is -0.351 e. The first-order valence-corrected chi connectivity index (χ1v) is 13.9. The molecule has 0 unspecified atom stereocenters. The molecule has 0 saturated heterocycles. The molecule has 0 rings (SSSR count). The molecule has 29 heavy (non-hydrogen) atoms. The Morgan fingerprint density at radius 3 is 0.793 bits per heavy atom. The molecule has 0 aromatic carbocycles. The lowest BCUT2D eigenvalue weighted by Crippen LogP contribution is -2.50. The maximum Gasteiger partial charge on any atom is 0.679 e. The van der Waals surface area contributed by atoms with Crippen LogP contribution < -0.4 is 0 Å². The Kier molecular flexibility index (Phi) is 17.7. The lowest BCUT2D eigenvalue weighted by Gasteiger charge is -2.29. The Labute approximate surface area is 183 Å². The van der Waals surface area contributed by atoms with Gasteiger partial charge in [0.25, 0.3) is 0 Å². The maximum atomic E-state index is 6.27. The van der Waals surface area contributed by atoms with Crippen LogP contribution in [0.15, 0.2) is 0 Å². The molecule has 0 aliphatic heterocycles. The van der Waals surface area contributed by atoms with Crippen LogP contribution in [0.5, 0.6) is 0 Å². The van der Waals surface area contributed by atoms with E-state index in [4.69, 9.17) is 17.7 Å². The zero-order valence-corrected chi connectivity index (χ0v) is 21.9. The fraction of sp³-hybridized carbons (Fsp3) is 1.00. The fourth-order valence-electron chi connectivity index (χ4n) is 3.01. The highest BCUT2D eigenvalue weighted by molar-refractivity contribution is 6.53. The molecule has 0 aromatic rings. The van der Waals surface area contributed by atoms with Gasteiger partial charge in [-0.2, -0.15) is 0 Å². The SMILES string of the molecule is CC(C)CCCO[Si](OCCCC(C)C)(OCCCC(C)C)OCCCC(C)C. The topological polar surface area (TPSA) is 36.9 Å². The van der Waals surface area contributed by atoms with Gasteiger partial charge in [-0.1, -0.05) is 55.4 Å². The molecule has 0 aliphatic carbocycles. The van der Waals surface area contributed by atoms with Crippen LogP contribution in [-0.2, 0) is 17.7 Å². The summed E-state index contributed by atoms with van der Waals surface area (Å²) in [5, 5.41) is 0. The van der Waals surface area contributed by atoms with E-state index in [9.17, 15) is 0 Å². The standard InChI is InChI=1S/C24H52O4Si/c1-21(2)13-9-17-25-29(26-18-10-14-22(3)4,27-19-11-15-23(5)6)28-20-12-16-24(7)8/h21-24H,9-20H2,1-8H3. The van der Waals surface area contributed by atoms with Gasteiger partial charge >= 0.3 is 9.05 Å². The molecular weight excluding hydrogens is 380 g/mol. The lowest BCUT2D eigenvalue weighted by molar-refractivity contribution is -0.0385. The van der Waals surface area contributed by atoms with E-state index in [-0.39, 0.29) is 0 Å². The van der Waals surface area contributed by atoms with Gasteiger partial charge in [-0.15, -0.1) is 0 Å². The van der Waals surface area contributed by atoms with Crippen LogP contribution in [0, 0.1) is 23.7 Å². The van der Waals surface area contributed by atoms with E-state index in [0.717, 1.165) is 51.4 Å². The Morgan fingerprint density at radius 2 is 0.621 bits per heavy atom. The van der Waals surface area contributed by atoms with Crippen molar-refractivity contribution in [2.45, 2.75) is 107 Å². The minimum absolute atomic E-state index is 0.656. The lowest BCUT2D eigenvalue weighted by atomic mass is 10.1. The Balaban J connectivity index is 4.86. The number of rotatable bonds is 20. The normalized spacial score (nSPS) is 12.8. The molecule has 0 aromatic heterocycles. The fourth-order valence-corrected chi connectivity index (χ4v) is 5.08. The summed E-state index contributed by atoms with van der Waals surface area (Å²) < 4.78 is 25.1. The highest BCUT2D eigenvalue weighted by Crippen LogP contribution is 2.18. The van der Waals surface area contributed by atoms with Gasteiger partial charge < -0.3 is 17.7 Å². The largest absolute Gasteiger partial charge is 0.679 e. The molecule has 0 aliphatic rings. The summed E-state index contributed by atoms with van der Waals surface area (Å²) >= 11 is 0. The van der Waals surface area contributed by atoms with Crippen molar-refractivity contribution in [2.24, 2.45) is 23.7 Å². The molecule has 4 nitrogen and oxygen atoms in total. The van der Waals surface area contributed by atoms with Crippen LogP contribution in [0.4, 0.5) is 0 Å². The van der Waals surface area contributed by atoms with Crippen molar-refractivity contribution in [3.8, 4) is 0 Å². The number of hydrogen-bond acceptors (Lipinski definition) is 4. The first kappa shape index (κ1) is 29.1. The van der Waals surface area contributed by atoms with Crippen molar-refractivity contribution in [1.82, 2.24) is 0 Å². The molecule has 0 heterocycles. The van der Waals surface area contributed by atoms with E-state index in [1.165, 1.54) is 0 Å². The van der Waals surface area contributed by atoms with Crippen molar-refractivity contribution in [1.29, 1.82) is 0 Å². The van der Waals surface area contributed by atoms with Crippen LogP contribution in [0.1, 0.15) is 107 Å². The second kappa shape index (κ2) is 17.7. The van der Waals surface area contributed by atoms with Crippen molar-refractivity contribution < 1.29 is 17.7 Å². The van der Waals surface area contributed by atoms with Crippen LogP contribution >= 0.6 is 0 Å². The maximum absolute atomic E-state index is 6.27. The molecule has 0 bridgehead atoms. The van der Waals surface area contributed by atoms with E-state index in [0.29, 0.717) is 50.1 Å². The Bertz CT molecular complexity index is 289. The summed E-state index contributed by atoms with van der Waals surface area (Å²) in [4.78, 5) is 0. The molecular formula is C24H52O4Si. The second-order valence-electron chi connectivity index (χ2n) is 10.0. The predicted octanol–water partition coefficient (Wildman–Crippen LogP) is 7.23. The smallest absolute Gasteiger partial charge is 0.351 e. The predicted molar refractivity (Wildman–Crippen MR) is 126 cm³/mol. The first-order chi connectivity index (χ1) is 13.7. The Morgan fingerprint density at radius 1 is 0.414 bits per heavy atom. The molecule has 0 atom stereocenters. The van der Waals surface area contributed by atoms with Gasteiger partial charge in [-0.3, -0.25) is 0 Å². The quantitative estimate of drug-likeness (QED) is 0.150. The van der Waals surface area contributed by atoms with E-state index in [1.54, 1.807) is 0 Å². The van der Waals surface area contributed by atoms with Gasteiger partial charge in [-0.05, 0) is 75.0 Å². The molecule has 176 valence electrons. The van der Waals surface area contributed by atoms with E-state index < -0.39 is 9.05 Å². The average Bonchev–Trinajstić information content (AvgIpc) is 2.62. The highest BCUT2D eigenvalue weighted by Gasteiger charge is 2.45. The monoisotopic (exact) mass is 432 g/mol. The van der Waals surface area contributed by atoms with E-state index in [1.807, 2.05) is 0 Å². The summed E-state index contributed by atoms with van der Waals surface area (Å²) in [7, 11) is -3.08. The molecule has 0 N–H and O–H groups in total. The highest BCUT2D eigenvalue weighted by atomic mass is 28.4. The molecule has 0 fully saturated rings. The molecule has 0 amide bonds. The molecule has 0 saturated carbocycles. The summed E-state index contributed by atoms with van der Waals surface area (Å²) in [6, 6.07) is 0. The van der Waals surface area contributed by atoms with Crippen molar-refractivity contribution in [3.63, 3.8) is 0 Å². The van der Waals surface area contributed by atoms with Gasteiger partial charge in [0.2, 0.25) is 0 Å². The van der Waals surface area contributed by atoms with Crippen molar-refractivity contribution in [2.75, 3.05) is 26.4 Å². The van der Waals surface area contributed by atoms with Crippen LogP contribution in [-0.4, -0.2) is 35.5 Å². The Hall–Kier alpha value is 0.0569. The number of hydrogen-bond donors (Lipinski definition) is 0. The van der Waals surface area contributed by atoms with Crippen LogP contribution in [0.2, 0.25) is 0 Å².